The van der Waals surface area contributed by atoms with Gasteiger partial charge >= 0.3 is 0 Å². The molecule has 0 aliphatic heterocycles. The van der Waals surface area contributed by atoms with Crippen LogP contribution >= 0.6 is 23.2 Å². The molecule has 1 aromatic heterocycles. The van der Waals surface area contributed by atoms with Crippen molar-refractivity contribution in [1.82, 2.24) is 4.98 Å². The SMILES string of the molecule is Cc1ccc(Cl)c2nc(Cl)c(C(C)C)cc12. The molecule has 0 atom stereocenters. The number of aromatic nitrogens is 1. The van der Waals surface area contributed by atoms with Gasteiger partial charge in [0.15, 0.2) is 0 Å². The zero-order chi connectivity index (χ0) is 11.9. The Morgan fingerprint density at radius 1 is 1.19 bits per heavy atom. The predicted molar refractivity (Wildman–Crippen MR) is 70.6 cm³/mol. The lowest BCUT2D eigenvalue weighted by Gasteiger charge is -2.11. The highest BCUT2D eigenvalue weighted by Gasteiger charge is 2.11. The highest BCUT2D eigenvalue weighted by Crippen LogP contribution is 2.31. The van der Waals surface area contributed by atoms with E-state index in [9.17, 15) is 0 Å². The van der Waals surface area contributed by atoms with Gasteiger partial charge in [-0.05, 0) is 36.1 Å². The van der Waals surface area contributed by atoms with Crippen LogP contribution in [0.4, 0.5) is 0 Å². The van der Waals surface area contributed by atoms with Gasteiger partial charge in [0.25, 0.3) is 0 Å². The molecule has 0 saturated heterocycles. The summed E-state index contributed by atoms with van der Waals surface area (Å²) in [5.41, 5.74) is 3.03. The normalized spacial score (nSPS) is 11.4. The standard InChI is InChI=1S/C13H13Cl2N/c1-7(2)9-6-10-8(3)4-5-11(14)12(10)16-13(9)15/h4-7H,1-3H3. The molecule has 2 rings (SSSR count). The van der Waals surface area contributed by atoms with Crippen molar-refractivity contribution in [2.24, 2.45) is 0 Å². The van der Waals surface area contributed by atoms with Gasteiger partial charge in [-0.15, -0.1) is 0 Å². The largest absolute Gasteiger partial charge is 0.234 e. The lowest BCUT2D eigenvalue weighted by atomic mass is 10.0. The molecular weight excluding hydrogens is 241 g/mol. The van der Waals surface area contributed by atoms with E-state index in [1.807, 2.05) is 12.1 Å². The summed E-state index contributed by atoms with van der Waals surface area (Å²) in [5.74, 6) is 0.364. The second-order valence-corrected chi connectivity index (χ2v) is 5.05. The molecule has 0 spiro atoms. The molecule has 0 bridgehead atoms. The van der Waals surface area contributed by atoms with E-state index in [1.165, 1.54) is 5.56 Å². The summed E-state index contributed by atoms with van der Waals surface area (Å²) in [4.78, 5) is 4.39. The summed E-state index contributed by atoms with van der Waals surface area (Å²) < 4.78 is 0. The smallest absolute Gasteiger partial charge is 0.133 e. The Labute approximate surface area is 105 Å². The maximum absolute atomic E-state index is 6.15. The fourth-order valence-electron chi connectivity index (χ4n) is 1.76. The Kier molecular flexibility index (Phi) is 3.09. The summed E-state index contributed by atoms with van der Waals surface area (Å²) >= 11 is 12.3. The summed E-state index contributed by atoms with van der Waals surface area (Å²) in [6, 6.07) is 5.96. The number of nitrogens with zero attached hydrogens (tertiary/aromatic N) is 1. The Hall–Kier alpha value is -0.790. The Morgan fingerprint density at radius 2 is 1.88 bits per heavy atom. The Balaban J connectivity index is 2.84. The first kappa shape index (κ1) is 11.7. The average Bonchev–Trinajstić information content (AvgIpc) is 2.23. The van der Waals surface area contributed by atoms with Crippen LogP contribution in [0, 0.1) is 6.92 Å². The van der Waals surface area contributed by atoms with Crippen molar-refractivity contribution in [3.05, 3.63) is 39.5 Å². The van der Waals surface area contributed by atoms with Gasteiger partial charge in [0.2, 0.25) is 0 Å². The summed E-state index contributed by atoms with van der Waals surface area (Å²) in [6.07, 6.45) is 0. The van der Waals surface area contributed by atoms with Crippen LogP contribution in [-0.4, -0.2) is 4.98 Å². The molecule has 0 aliphatic carbocycles. The quantitative estimate of drug-likeness (QED) is 0.654. The molecule has 0 aliphatic rings. The molecule has 0 radical (unpaired) electrons. The van der Waals surface area contributed by atoms with Crippen LogP contribution in [0.15, 0.2) is 18.2 Å². The first-order chi connectivity index (χ1) is 7.50. The molecule has 0 amide bonds. The van der Waals surface area contributed by atoms with Crippen LogP contribution in [0.3, 0.4) is 0 Å². The van der Waals surface area contributed by atoms with Crippen LogP contribution in [-0.2, 0) is 0 Å². The van der Waals surface area contributed by atoms with E-state index in [1.54, 1.807) is 0 Å². The van der Waals surface area contributed by atoms with E-state index >= 15 is 0 Å². The topological polar surface area (TPSA) is 12.9 Å². The molecule has 0 saturated carbocycles. The molecule has 84 valence electrons. The number of pyridine rings is 1. The summed E-state index contributed by atoms with van der Waals surface area (Å²) in [6.45, 7) is 6.27. The molecule has 0 unspecified atom stereocenters. The number of hydrogen-bond donors (Lipinski definition) is 0. The maximum atomic E-state index is 6.15. The van der Waals surface area contributed by atoms with Crippen molar-refractivity contribution < 1.29 is 0 Å². The predicted octanol–water partition coefficient (Wildman–Crippen LogP) is 4.97. The summed E-state index contributed by atoms with van der Waals surface area (Å²) in [5, 5.41) is 2.29. The van der Waals surface area contributed by atoms with Crippen LogP contribution in [0.2, 0.25) is 10.2 Å². The van der Waals surface area contributed by atoms with E-state index in [0.29, 0.717) is 16.1 Å². The Bertz CT molecular complexity index is 547. The second kappa shape index (κ2) is 4.23. The van der Waals surface area contributed by atoms with Gasteiger partial charge in [-0.25, -0.2) is 4.98 Å². The molecule has 2 aromatic rings. The third-order valence-electron chi connectivity index (χ3n) is 2.76. The van der Waals surface area contributed by atoms with Crippen molar-refractivity contribution in [2.45, 2.75) is 26.7 Å². The van der Waals surface area contributed by atoms with Crippen molar-refractivity contribution in [3.8, 4) is 0 Å². The zero-order valence-electron chi connectivity index (χ0n) is 9.51. The van der Waals surface area contributed by atoms with Crippen molar-refractivity contribution in [2.75, 3.05) is 0 Å². The first-order valence-electron chi connectivity index (χ1n) is 5.26. The van der Waals surface area contributed by atoms with Crippen LogP contribution in [0.25, 0.3) is 10.9 Å². The van der Waals surface area contributed by atoms with Gasteiger partial charge in [0, 0.05) is 5.39 Å². The third kappa shape index (κ3) is 1.90. The van der Waals surface area contributed by atoms with Crippen molar-refractivity contribution >= 4 is 34.1 Å². The van der Waals surface area contributed by atoms with E-state index in [4.69, 9.17) is 23.2 Å². The monoisotopic (exact) mass is 253 g/mol. The third-order valence-corrected chi connectivity index (χ3v) is 3.36. The number of aryl methyl sites for hydroxylation is 1. The summed E-state index contributed by atoms with van der Waals surface area (Å²) in [7, 11) is 0. The van der Waals surface area contributed by atoms with Crippen LogP contribution in [0.5, 0.6) is 0 Å². The molecule has 0 fully saturated rings. The molecule has 1 nitrogen and oxygen atoms in total. The maximum Gasteiger partial charge on any atom is 0.133 e. The van der Waals surface area contributed by atoms with Crippen LogP contribution < -0.4 is 0 Å². The molecule has 16 heavy (non-hydrogen) atoms. The molecule has 1 heterocycles. The van der Waals surface area contributed by atoms with E-state index in [2.05, 4.69) is 31.8 Å². The molecular formula is C13H13Cl2N. The number of benzene rings is 1. The van der Waals surface area contributed by atoms with Gasteiger partial charge in [0.05, 0.1) is 10.5 Å². The van der Waals surface area contributed by atoms with Crippen LogP contribution in [0.1, 0.15) is 30.9 Å². The number of halogens is 2. The highest BCUT2D eigenvalue weighted by atomic mass is 35.5. The van der Waals surface area contributed by atoms with Gasteiger partial charge in [-0.1, -0.05) is 43.1 Å². The lowest BCUT2D eigenvalue weighted by Crippen LogP contribution is -1.94. The number of rotatable bonds is 1. The second-order valence-electron chi connectivity index (χ2n) is 4.28. The molecule has 1 aromatic carbocycles. The minimum atomic E-state index is 0.364. The van der Waals surface area contributed by atoms with Gasteiger partial charge in [-0.3, -0.25) is 0 Å². The lowest BCUT2D eigenvalue weighted by molar-refractivity contribution is 0.862. The van der Waals surface area contributed by atoms with Gasteiger partial charge in [-0.2, -0.15) is 0 Å². The first-order valence-corrected chi connectivity index (χ1v) is 6.01. The fraction of sp³-hybridized carbons (Fsp3) is 0.308. The van der Waals surface area contributed by atoms with Crippen molar-refractivity contribution in [1.29, 1.82) is 0 Å². The minimum absolute atomic E-state index is 0.364. The minimum Gasteiger partial charge on any atom is -0.234 e. The zero-order valence-corrected chi connectivity index (χ0v) is 11.0. The number of fused-ring (bicyclic) bond motifs is 1. The van der Waals surface area contributed by atoms with E-state index in [0.717, 1.165) is 16.5 Å². The van der Waals surface area contributed by atoms with Gasteiger partial charge < -0.3 is 0 Å². The van der Waals surface area contributed by atoms with E-state index in [-0.39, 0.29) is 0 Å². The number of hydrogen-bond acceptors (Lipinski definition) is 1. The molecule has 0 N–H and O–H groups in total. The molecule has 3 heteroatoms. The fourth-order valence-corrected chi connectivity index (χ4v) is 2.33. The van der Waals surface area contributed by atoms with Gasteiger partial charge in [0.1, 0.15) is 5.15 Å². The van der Waals surface area contributed by atoms with Crippen molar-refractivity contribution in [3.63, 3.8) is 0 Å². The Morgan fingerprint density at radius 3 is 2.50 bits per heavy atom. The van der Waals surface area contributed by atoms with E-state index < -0.39 is 0 Å². The highest BCUT2D eigenvalue weighted by molar-refractivity contribution is 6.36. The average molecular weight is 254 g/mol.